The first-order valence-electron chi connectivity index (χ1n) is 9.82. The molecule has 0 atom stereocenters. The zero-order valence-electron chi connectivity index (χ0n) is 17.8. The summed E-state index contributed by atoms with van der Waals surface area (Å²) < 4.78 is 29.8. The van der Waals surface area contributed by atoms with Crippen LogP contribution in [0, 0.1) is 10.1 Å². The first-order chi connectivity index (χ1) is 16.5. The fourth-order valence-corrected chi connectivity index (χ4v) is 3.74. The number of non-ortho nitro benzene ring substituents is 1. The summed E-state index contributed by atoms with van der Waals surface area (Å²) in [4.78, 5) is 44.8. The lowest BCUT2D eigenvalue weighted by molar-refractivity contribution is -0.385. The third kappa shape index (κ3) is 6.61. The number of rotatable bonds is 9. The first-order valence-corrected chi connectivity index (χ1v) is 11.2. The molecule has 0 aliphatic heterocycles. The maximum atomic E-state index is 12.5. The summed E-state index contributed by atoms with van der Waals surface area (Å²) in [7, 11) is -4.33. The van der Waals surface area contributed by atoms with Crippen molar-refractivity contribution >= 4 is 39.2 Å². The van der Waals surface area contributed by atoms with E-state index in [2.05, 4.69) is 10.6 Å². The van der Waals surface area contributed by atoms with Crippen molar-refractivity contribution in [2.45, 2.75) is 4.90 Å². The van der Waals surface area contributed by atoms with Gasteiger partial charge in [0.15, 0.2) is 0 Å². The number of nitro groups is 1. The molecule has 0 saturated carbocycles. The molecule has 3 amide bonds. The second-order valence-corrected chi connectivity index (χ2v) is 8.54. The number of nitrogens with zero attached hydrogens (tertiary/aromatic N) is 1. The summed E-state index contributed by atoms with van der Waals surface area (Å²) >= 11 is 0. The van der Waals surface area contributed by atoms with E-state index in [1.165, 1.54) is 54.6 Å². The molecule has 0 bridgehead atoms. The number of amides is 3. The molecule has 12 nitrogen and oxygen atoms in total. The summed E-state index contributed by atoms with van der Waals surface area (Å²) in [5.41, 5.74) is 5.40. The quantitative estimate of drug-likeness (QED) is 0.226. The van der Waals surface area contributed by atoms with Crippen LogP contribution in [-0.2, 0) is 14.9 Å². The summed E-state index contributed by atoms with van der Waals surface area (Å²) in [6.45, 7) is -0.302. The van der Waals surface area contributed by atoms with Gasteiger partial charge in [0, 0.05) is 28.9 Å². The van der Waals surface area contributed by atoms with Crippen LogP contribution in [-0.4, -0.2) is 37.6 Å². The van der Waals surface area contributed by atoms with Crippen LogP contribution < -0.4 is 20.6 Å². The topological polar surface area (TPSA) is 188 Å². The highest BCUT2D eigenvalue weighted by molar-refractivity contribution is 7.87. The summed E-state index contributed by atoms with van der Waals surface area (Å²) in [6.07, 6.45) is 0. The van der Waals surface area contributed by atoms with Gasteiger partial charge in [0.2, 0.25) is 5.91 Å². The number of nitrogens with two attached hydrogens (primary N) is 1. The molecule has 13 heteroatoms. The van der Waals surface area contributed by atoms with Crippen LogP contribution in [0.5, 0.6) is 5.75 Å². The minimum absolute atomic E-state index is 0.0978. The lowest BCUT2D eigenvalue weighted by Crippen LogP contribution is -2.33. The standard InChI is InChI=1S/C22H18N4O8S/c23-20(27)13-24-21(28)14-4-8-16(9-5-14)25-22(29)15-6-10-18(11-7-15)34-35(32,33)19-3-1-2-17(12-19)26(30)31/h1-12H,13H2,(H2,23,27)(H,24,28)(H,25,29). The molecular formula is C22H18N4O8S. The minimum atomic E-state index is -4.33. The highest BCUT2D eigenvalue weighted by atomic mass is 32.2. The van der Waals surface area contributed by atoms with Crippen molar-refractivity contribution in [1.29, 1.82) is 0 Å². The van der Waals surface area contributed by atoms with Crippen LogP contribution in [0.1, 0.15) is 20.7 Å². The molecule has 4 N–H and O–H groups in total. The molecule has 3 aromatic rings. The van der Waals surface area contributed by atoms with Gasteiger partial charge in [0.25, 0.3) is 17.5 Å². The minimum Gasteiger partial charge on any atom is -0.379 e. The number of carbonyl (C=O) groups is 3. The van der Waals surface area contributed by atoms with Crippen molar-refractivity contribution in [3.05, 3.63) is 94.0 Å². The first kappa shape index (κ1) is 24.9. The third-order valence-corrected chi connectivity index (χ3v) is 5.71. The molecule has 0 fully saturated rings. The summed E-state index contributed by atoms with van der Waals surface area (Å²) in [5.74, 6) is -1.79. The average molecular weight is 498 g/mol. The van der Waals surface area contributed by atoms with Gasteiger partial charge in [0.05, 0.1) is 11.5 Å². The molecule has 3 rings (SSSR count). The van der Waals surface area contributed by atoms with Crippen molar-refractivity contribution in [2.75, 3.05) is 11.9 Å². The van der Waals surface area contributed by atoms with Crippen LogP contribution in [0.3, 0.4) is 0 Å². The normalized spacial score (nSPS) is 10.7. The molecule has 0 unspecified atom stereocenters. The fraction of sp³-hybridized carbons (Fsp3) is 0.0455. The Balaban J connectivity index is 1.64. The number of nitro benzene ring substituents is 1. The number of anilines is 1. The zero-order chi connectivity index (χ0) is 25.6. The van der Waals surface area contributed by atoms with Gasteiger partial charge in [-0.25, -0.2) is 0 Å². The molecule has 0 radical (unpaired) electrons. The molecule has 0 aliphatic carbocycles. The summed E-state index contributed by atoms with van der Waals surface area (Å²) in [5, 5.41) is 15.8. The van der Waals surface area contributed by atoms with Gasteiger partial charge in [-0.05, 0) is 54.6 Å². The van der Waals surface area contributed by atoms with Crippen LogP contribution in [0.15, 0.2) is 77.7 Å². The SMILES string of the molecule is NC(=O)CNC(=O)c1ccc(NC(=O)c2ccc(OS(=O)(=O)c3cccc([N+](=O)[O-])c3)cc2)cc1. The third-order valence-electron chi connectivity index (χ3n) is 4.47. The largest absolute Gasteiger partial charge is 0.379 e. The Labute approximate surface area is 199 Å². The van der Waals surface area contributed by atoms with E-state index in [1.54, 1.807) is 0 Å². The van der Waals surface area contributed by atoms with Gasteiger partial charge in [-0.3, -0.25) is 24.5 Å². The van der Waals surface area contributed by atoms with E-state index in [-0.39, 0.29) is 28.3 Å². The van der Waals surface area contributed by atoms with E-state index >= 15 is 0 Å². The Morgan fingerprint density at radius 3 is 2.11 bits per heavy atom. The smallest absolute Gasteiger partial charge is 0.339 e. The van der Waals surface area contributed by atoms with E-state index < -0.39 is 38.5 Å². The van der Waals surface area contributed by atoms with E-state index in [0.717, 1.165) is 18.2 Å². The molecule has 3 aromatic carbocycles. The number of hydrogen-bond donors (Lipinski definition) is 3. The van der Waals surface area contributed by atoms with Gasteiger partial charge in [-0.2, -0.15) is 8.42 Å². The van der Waals surface area contributed by atoms with Crippen molar-refractivity contribution in [1.82, 2.24) is 5.32 Å². The van der Waals surface area contributed by atoms with E-state index in [9.17, 15) is 32.9 Å². The maximum absolute atomic E-state index is 12.5. The van der Waals surface area contributed by atoms with Crippen LogP contribution in [0.4, 0.5) is 11.4 Å². The van der Waals surface area contributed by atoms with Crippen LogP contribution >= 0.6 is 0 Å². The number of benzene rings is 3. The van der Waals surface area contributed by atoms with E-state index in [4.69, 9.17) is 9.92 Å². The lowest BCUT2D eigenvalue weighted by Gasteiger charge is -2.09. The van der Waals surface area contributed by atoms with E-state index in [0.29, 0.717) is 5.69 Å². The van der Waals surface area contributed by atoms with Crippen molar-refractivity contribution < 1.29 is 31.9 Å². The Morgan fingerprint density at radius 1 is 0.914 bits per heavy atom. The van der Waals surface area contributed by atoms with E-state index in [1.807, 2.05) is 0 Å². The van der Waals surface area contributed by atoms with Gasteiger partial charge in [0.1, 0.15) is 10.6 Å². The summed E-state index contributed by atoms with van der Waals surface area (Å²) in [6, 6.07) is 15.5. The molecule has 0 heterocycles. The highest BCUT2D eigenvalue weighted by Crippen LogP contribution is 2.22. The Bertz CT molecular complexity index is 1390. The Morgan fingerprint density at radius 2 is 1.51 bits per heavy atom. The number of nitrogens with one attached hydrogen (secondary N) is 2. The highest BCUT2D eigenvalue weighted by Gasteiger charge is 2.20. The number of primary amides is 1. The van der Waals surface area contributed by atoms with Gasteiger partial charge in [-0.1, -0.05) is 6.07 Å². The van der Waals surface area contributed by atoms with Crippen molar-refractivity contribution in [3.63, 3.8) is 0 Å². The monoisotopic (exact) mass is 498 g/mol. The van der Waals surface area contributed by atoms with Gasteiger partial charge < -0.3 is 20.6 Å². The zero-order valence-corrected chi connectivity index (χ0v) is 18.7. The van der Waals surface area contributed by atoms with Crippen molar-refractivity contribution in [3.8, 4) is 5.75 Å². The molecular weight excluding hydrogens is 480 g/mol. The van der Waals surface area contributed by atoms with Gasteiger partial charge >= 0.3 is 10.1 Å². The molecule has 0 aromatic heterocycles. The Kier molecular flexibility index (Phi) is 7.41. The molecule has 35 heavy (non-hydrogen) atoms. The second-order valence-electron chi connectivity index (χ2n) is 7.00. The van der Waals surface area contributed by atoms with Crippen LogP contribution in [0.25, 0.3) is 0 Å². The number of carbonyl (C=O) groups excluding carboxylic acids is 3. The van der Waals surface area contributed by atoms with Crippen LogP contribution in [0.2, 0.25) is 0 Å². The average Bonchev–Trinajstić information content (AvgIpc) is 2.83. The second kappa shape index (κ2) is 10.4. The van der Waals surface area contributed by atoms with Crippen molar-refractivity contribution in [2.24, 2.45) is 5.73 Å². The molecule has 180 valence electrons. The number of hydrogen-bond acceptors (Lipinski definition) is 8. The fourth-order valence-electron chi connectivity index (χ4n) is 2.77. The Hall–Kier alpha value is -4.78. The van der Waals surface area contributed by atoms with Gasteiger partial charge in [-0.15, -0.1) is 0 Å². The molecule has 0 spiro atoms. The predicted molar refractivity (Wildman–Crippen MR) is 123 cm³/mol. The predicted octanol–water partition coefficient (Wildman–Crippen LogP) is 1.83. The maximum Gasteiger partial charge on any atom is 0.339 e. The molecule has 0 aliphatic rings. The lowest BCUT2D eigenvalue weighted by atomic mass is 10.1. The molecule has 0 saturated heterocycles.